The van der Waals surface area contributed by atoms with Crippen molar-refractivity contribution in [3.05, 3.63) is 18.3 Å². The number of carbonyl (C=O) groups is 1. The molecule has 1 aromatic rings. The lowest BCUT2D eigenvalue weighted by atomic mass is 10.0. The number of aromatic nitrogens is 1. The lowest BCUT2D eigenvalue weighted by Gasteiger charge is -2.43. The number of pyridine rings is 1. The average molecular weight is 312 g/mol. The summed E-state index contributed by atoms with van der Waals surface area (Å²) in [5.41, 5.74) is -1.10. The van der Waals surface area contributed by atoms with E-state index in [1.807, 2.05) is 0 Å². The molecule has 0 unspecified atom stereocenters. The van der Waals surface area contributed by atoms with E-state index in [4.69, 9.17) is 0 Å². The lowest BCUT2D eigenvalue weighted by molar-refractivity contribution is -0.142. The lowest BCUT2D eigenvalue weighted by Crippen LogP contribution is -2.63. The highest BCUT2D eigenvalue weighted by atomic mass is 32.2. The highest BCUT2D eigenvalue weighted by Crippen LogP contribution is 2.28. The van der Waals surface area contributed by atoms with E-state index < -0.39 is 15.6 Å². The van der Waals surface area contributed by atoms with E-state index in [1.54, 1.807) is 38.9 Å². The van der Waals surface area contributed by atoms with Crippen LogP contribution in [0.15, 0.2) is 23.2 Å². The maximum absolute atomic E-state index is 12.7. The van der Waals surface area contributed by atoms with E-state index >= 15 is 0 Å². The van der Waals surface area contributed by atoms with Crippen LogP contribution in [0.1, 0.15) is 13.8 Å². The number of nitrogens with zero attached hydrogens (tertiary/aromatic N) is 3. The Morgan fingerprint density at radius 2 is 1.95 bits per heavy atom. The van der Waals surface area contributed by atoms with Gasteiger partial charge in [-0.3, -0.25) is 4.79 Å². The van der Waals surface area contributed by atoms with Gasteiger partial charge in [-0.1, -0.05) is 0 Å². The molecule has 0 radical (unpaired) electrons. The quantitative estimate of drug-likeness (QED) is 0.871. The Morgan fingerprint density at radius 3 is 2.48 bits per heavy atom. The highest BCUT2D eigenvalue weighted by molar-refractivity contribution is 7.89. The van der Waals surface area contributed by atoms with Gasteiger partial charge in [-0.2, -0.15) is 4.31 Å². The third kappa shape index (κ3) is 2.60. The Morgan fingerprint density at radius 1 is 1.29 bits per heavy atom. The molecule has 116 valence electrons. The summed E-state index contributed by atoms with van der Waals surface area (Å²) in [6, 6.07) is 3.09. The van der Waals surface area contributed by atoms with Crippen LogP contribution in [0, 0.1) is 0 Å². The van der Waals surface area contributed by atoms with E-state index in [-0.39, 0.29) is 17.3 Å². The summed E-state index contributed by atoms with van der Waals surface area (Å²) >= 11 is 0. The largest absolute Gasteiger partial charge is 0.373 e. The summed E-state index contributed by atoms with van der Waals surface area (Å²) in [5, 5.41) is 2.83. The topological polar surface area (TPSA) is 82.6 Å². The molecule has 0 aromatic carbocycles. The molecule has 7 nitrogen and oxygen atoms in total. The number of likely N-dealkylation sites (N-methyl/N-ethyl adjacent to an activating group) is 1. The maximum Gasteiger partial charge on any atom is 0.245 e. The van der Waals surface area contributed by atoms with Crippen molar-refractivity contribution >= 4 is 21.7 Å². The zero-order valence-corrected chi connectivity index (χ0v) is 13.4. The third-order valence-electron chi connectivity index (χ3n) is 3.71. The van der Waals surface area contributed by atoms with Gasteiger partial charge < -0.3 is 10.2 Å². The second-order valence-electron chi connectivity index (χ2n) is 5.49. The Hall–Kier alpha value is -1.67. The number of amides is 1. The minimum absolute atomic E-state index is 0.0897. The monoisotopic (exact) mass is 312 g/mol. The fraction of sp³-hybridized carbons (Fsp3) is 0.538. The molecule has 21 heavy (non-hydrogen) atoms. The first-order chi connectivity index (χ1) is 9.71. The van der Waals surface area contributed by atoms with Crippen molar-refractivity contribution in [2.75, 3.05) is 32.5 Å². The van der Waals surface area contributed by atoms with Gasteiger partial charge >= 0.3 is 0 Å². The summed E-state index contributed by atoms with van der Waals surface area (Å²) < 4.78 is 26.7. The van der Waals surface area contributed by atoms with Crippen molar-refractivity contribution in [1.29, 1.82) is 0 Å². The van der Waals surface area contributed by atoms with Crippen LogP contribution in [0.4, 0.5) is 5.82 Å². The molecule has 1 amide bonds. The second-order valence-corrected chi connectivity index (χ2v) is 7.35. The van der Waals surface area contributed by atoms with E-state index in [0.29, 0.717) is 12.4 Å². The van der Waals surface area contributed by atoms with Crippen LogP contribution in [0.3, 0.4) is 0 Å². The van der Waals surface area contributed by atoms with Crippen LogP contribution in [0.5, 0.6) is 0 Å². The number of sulfonamides is 1. The van der Waals surface area contributed by atoms with Crippen molar-refractivity contribution in [2.24, 2.45) is 0 Å². The summed E-state index contributed by atoms with van der Waals surface area (Å²) in [5.74, 6) is 0.375. The highest BCUT2D eigenvalue weighted by Gasteiger charge is 2.46. The summed E-state index contributed by atoms with van der Waals surface area (Å²) in [7, 11) is -0.370. The average Bonchev–Trinajstić information content (AvgIpc) is 2.44. The van der Waals surface area contributed by atoms with Crippen LogP contribution >= 0.6 is 0 Å². The van der Waals surface area contributed by atoms with Gasteiger partial charge in [0.15, 0.2) is 0 Å². The minimum atomic E-state index is -3.76. The maximum atomic E-state index is 12.7. The van der Waals surface area contributed by atoms with E-state index in [2.05, 4.69) is 10.3 Å². The normalized spacial score (nSPS) is 19.6. The number of hydrogen-bond acceptors (Lipinski definition) is 5. The van der Waals surface area contributed by atoms with Crippen LogP contribution in [0.2, 0.25) is 0 Å². The second kappa shape index (κ2) is 5.27. The zero-order valence-electron chi connectivity index (χ0n) is 12.6. The van der Waals surface area contributed by atoms with Crippen LogP contribution < -0.4 is 5.32 Å². The van der Waals surface area contributed by atoms with E-state index in [0.717, 1.165) is 0 Å². The summed E-state index contributed by atoms with van der Waals surface area (Å²) in [6.07, 6.45) is 1.31. The van der Waals surface area contributed by atoms with Gasteiger partial charge in [-0.15, -0.1) is 0 Å². The van der Waals surface area contributed by atoms with Gasteiger partial charge in [0, 0.05) is 33.4 Å². The van der Waals surface area contributed by atoms with E-state index in [1.165, 1.54) is 16.6 Å². The molecular weight excluding hydrogens is 292 g/mol. The molecule has 0 aliphatic carbocycles. The molecule has 2 rings (SSSR count). The van der Waals surface area contributed by atoms with Gasteiger partial charge in [-0.05, 0) is 26.0 Å². The molecule has 0 saturated carbocycles. The SMILES string of the molecule is CNc1ccc(S(=O)(=O)N2CCN(C)C(=O)C2(C)C)cn1. The summed E-state index contributed by atoms with van der Waals surface area (Å²) in [4.78, 5) is 17.9. The molecule has 1 saturated heterocycles. The Kier molecular flexibility index (Phi) is 3.94. The molecule has 1 fully saturated rings. The number of carbonyl (C=O) groups excluding carboxylic acids is 1. The molecule has 0 bridgehead atoms. The van der Waals surface area contributed by atoms with Crippen molar-refractivity contribution < 1.29 is 13.2 Å². The van der Waals surface area contributed by atoms with Crippen molar-refractivity contribution in [2.45, 2.75) is 24.3 Å². The predicted octanol–water partition coefficient (Wildman–Crippen LogP) is 0.365. The minimum Gasteiger partial charge on any atom is -0.373 e. The molecule has 8 heteroatoms. The standard InChI is InChI=1S/C13H20N4O3S/c1-13(2)12(18)16(4)7-8-17(13)21(19,20)10-5-6-11(14-3)15-9-10/h5-6,9H,7-8H2,1-4H3,(H,14,15). The first-order valence-electron chi connectivity index (χ1n) is 6.63. The fourth-order valence-corrected chi connectivity index (χ4v) is 4.11. The van der Waals surface area contributed by atoms with Crippen molar-refractivity contribution in [1.82, 2.24) is 14.2 Å². The molecule has 1 aromatic heterocycles. The number of nitrogens with one attached hydrogen (secondary N) is 1. The molecular formula is C13H20N4O3S. The summed E-state index contributed by atoms with van der Waals surface area (Å²) in [6.45, 7) is 3.89. The number of rotatable bonds is 3. The molecule has 2 heterocycles. The van der Waals surface area contributed by atoms with Crippen LogP contribution in [-0.4, -0.2) is 61.2 Å². The smallest absolute Gasteiger partial charge is 0.245 e. The first-order valence-corrected chi connectivity index (χ1v) is 8.07. The van der Waals surface area contributed by atoms with Crippen LogP contribution in [-0.2, 0) is 14.8 Å². The molecule has 1 aliphatic heterocycles. The zero-order chi connectivity index (χ0) is 15.8. The fourth-order valence-electron chi connectivity index (χ4n) is 2.42. The predicted molar refractivity (Wildman–Crippen MR) is 79.4 cm³/mol. The Labute approximate surface area is 125 Å². The third-order valence-corrected chi connectivity index (χ3v) is 5.77. The van der Waals surface area contributed by atoms with Gasteiger partial charge in [0.25, 0.3) is 0 Å². The molecule has 1 N–H and O–H groups in total. The van der Waals surface area contributed by atoms with E-state index in [9.17, 15) is 13.2 Å². The van der Waals surface area contributed by atoms with Crippen LogP contribution in [0.25, 0.3) is 0 Å². The van der Waals surface area contributed by atoms with Gasteiger partial charge in [-0.25, -0.2) is 13.4 Å². The molecule has 0 atom stereocenters. The number of piperazine rings is 1. The number of hydrogen-bond donors (Lipinski definition) is 1. The van der Waals surface area contributed by atoms with Crippen molar-refractivity contribution in [3.63, 3.8) is 0 Å². The van der Waals surface area contributed by atoms with Gasteiger partial charge in [0.05, 0.1) is 0 Å². The Bertz CT molecular complexity index is 640. The Balaban J connectivity index is 2.40. The number of anilines is 1. The molecule has 0 spiro atoms. The van der Waals surface area contributed by atoms with Gasteiger partial charge in [0.1, 0.15) is 16.3 Å². The first kappa shape index (κ1) is 15.7. The molecule has 1 aliphatic rings. The van der Waals surface area contributed by atoms with Crippen molar-refractivity contribution in [3.8, 4) is 0 Å². The van der Waals surface area contributed by atoms with Gasteiger partial charge in [0.2, 0.25) is 15.9 Å².